The van der Waals surface area contributed by atoms with Crippen molar-refractivity contribution in [3.05, 3.63) is 64.6 Å². The Bertz CT molecular complexity index is 394. The van der Waals surface area contributed by atoms with E-state index in [0.717, 1.165) is 8.95 Å². The molecule has 4 heteroatoms. The standard InChI is InChI=1S/C12H8Br2I.HI/c13-9-1-5-11(6-2-9)15-12-7-3-10(14)4-8-12;/h1-8H;1H/q+1;. The largest absolute Gasteiger partial charge is 0.357 e. The van der Waals surface area contributed by atoms with Gasteiger partial charge in [-0.25, -0.2) is 0 Å². The van der Waals surface area contributed by atoms with Gasteiger partial charge >= 0.3 is 21.2 Å². The predicted molar refractivity (Wildman–Crippen MR) is 81.1 cm³/mol. The first-order valence-corrected chi connectivity index (χ1v) is 8.14. The maximum Gasteiger partial charge on any atom is 0.357 e. The van der Waals surface area contributed by atoms with E-state index in [4.69, 9.17) is 0 Å². The van der Waals surface area contributed by atoms with E-state index in [2.05, 4.69) is 80.4 Å². The third kappa shape index (κ3) is 4.62. The first-order valence-electron chi connectivity index (χ1n) is 4.40. The maximum atomic E-state index is 3.45. The van der Waals surface area contributed by atoms with Gasteiger partial charge in [0.2, 0.25) is 0 Å². The number of hydrogen-bond donors (Lipinski definition) is 0. The number of hydrogen-bond acceptors (Lipinski definition) is 0. The molecule has 0 bridgehead atoms. The summed E-state index contributed by atoms with van der Waals surface area (Å²) in [6, 6.07) is 17.2. The van der Waals surface area contributed by atoms with Crippen molar-refractivity contribution in [1.82, 2.24) is 0 Å². The molecule has 0 saturated carbocycles. The minimum absolute atomic E-state index is 0. The van der Waals surface area contributed by atoms with E-state index in [1.54, 1.807) is 0 Å². The van der Waals surface area contributed by atoms with Gasteiger partial charge in [-0.1, -0.05) is 31.9 Å². The highest BCUT2D eigenvalue weighted by atomic mass is 127. The molecule has 0 nitrogen and oxygen atoms in total. The Labute approximate surface area is 140 Å². The van der Waals surface area contributed by atoms with Crippen LogP contribution in [0, 0.1) is 7.14 Å². The molecule has 0 saturated heterocycles. The third-order valence-electron chi connectivity index (χ3n) is 1.83. The average molecular weight is 567 g/mol. The molecule has 0 aromatic heterocycles. The van der Waals surface area contributed by atoms with Crippen molar-refractivity contribution in [3.8, 4) is 0 Å². The molecule has 0 aliphatic rings. The minimum atomic E-state index is -0.0385. The van der Waals surface area contributed by atoms with Crippen LogP contribution in [0.1, 0.15) is 0 Å². The monoisotopic (exact) mass is 565 g/mol. The fourth-order valence-electron chi connectivity index (χ4n) is 1.11. The zero-order valence-corrected chi connectivity index (χ0v) is 15.8. The summed E-state index contributed by atoms with van der Waals surface area (Å²) in [7, 11) is 0. The normalized spacial score (nSPS) is 9.62. The predicted octanol–water partition coefficient (Wildman–Crippen LogP) is 1.96. The van der Waals surface area contributed by atoms with E-state index in [9.17, 15) is 0 Å². The molecule has 0 N–H and O–H groups in total. The SMILES string of the molecule is Brc1ccc([I+]c2ccc(Br)cc2)cc1.I. The van der Waals surface area contributed by atoms with Crippen LogP contribution in [-0.2, 0) is 0 Å². The van der Waals surface area contributed by atoms with E-state index in [1.807, 2.05) is 0 Å². The summed E-state index contributed by atoms with van der Waals surface area (Å²) in [5, 5.41) is 0. The zero-order chi connectivity index (χ0) is 10.7. The first-order chi connectivity index (χ1) is 7.24. The van der Waals surface area contributed by atoms with Crippen molar-refractivity contribution < 1.29 is 21.2 Å². The van der Waals surface area contributed by atoms with E-state index in [0.29, 0.717) is 0 Å². The molecule has 84 valence electrons. The topological polar surface area (TPSA) is 0 Å². The smallest absolute Gasteiger partial charge is 0.107 e. The van der Waals surface area contributed by atoms with Crippen LogP contribution in [0.3, 0.4) is 0 Å². The van der Waals surface area contributed by atoms with Gasteiger partial charge in [-0.2, -0.15) is 0 Å². The lowest BCUT2D eigenvalue weighted by Gasteiger charge is -1.89. The maximum absolute atomic E-state index is 3.45. The molecule has 0 amide bonds. The summed E-state index contributed by atoms with van der Waals surface area (Å²) in [4.78, 5) is 0. The molecule has 0 atom stereocenters. The average Bonchev–Trinajstić information content (AvgIpc) is 2.25. The Morgan fingerprint density at radius 3 is 1.25 bits per heavy atom. The fraction of sp³-hybridized carbons (Fsp3) is 0. The summed E-state index contributed by atoms with van der Waals surface area (Å²) < 4.78 is 5.18. The van der Waals surface area contributed by atoms with Gasteiger partial charge in [0, 0.05) is 8.95 Å². The number of benzene rings is 2. The summed E-state index contributed by atoms with van der Waals surface area (Å²) in [5.41, 5.74) is 0. The van der Waals surface area contributed by atoms with Gasteiger partial charge in [-0.3, -0.25) is 0 Å². The van der Waals surface area contributed by atoms with Crippen molar-refractivity contribution in [2.75, 3.05) is 0 Å². The molecule has 0 spiro atoms. The van der Waals surface area contributed by atoms with Crippen LogP contribution in [0.4, 0.5) is 0 Å². The Kier molecular flexibility index (Phi) is 6.83. The Morgan fingerprint density at radius 2 is 0.938 bits per heavy atom. The molecule has 0 aliphatic heterocycles. The van der Waals surface area contributed by atoms with Crippen molar-refractivity contribution in [1.29, 1.82) is 0 Å². The Morgan fingerprint density at radius 1 is 0.625 bits per heavy atom. The van der Waals surface area contributed by atoms with Gasteiger partial charge in [-0.05, 0) is 48.5 Å². The van der Waals surface area contributed by atoms with Crippen molar-refractivity contribution in [3.63, 3.8) is 0 Å². The molecule has 0 aliphatic carbocycles. The van der Waals surface area contributed by atoms with E-state index < -0.39 is 0 Å². The Hall–Kier alpha value is 0.860. The molecule has 0 radical (unpaired) electrons. The fourth-order valence-corrected chi connectivity index (χ4v) is 3.80. The Balaban J connectivity index is 0.00000128. The van der Waals surface area contributed by atoms with Crippen LogP contribution in [0.2, 0.25) is 0 Å². The summed E-state index contributed by atoms with van der Waals surface area (Å²) in [6.07, 6.45) is 0. The van der Waals surface area contributed by atoms with Crippen LogP contribution < -0.4 is 21.2 Å². The lowest BCUT2D eigenvalue weighted by Crippen LogP contribution is -3.61. The van der Waals surface area contributed by atoms with Crippen molar-refractivity contribution in [2.24, 2.45) is 0 Å². The molecule has 0 heterocycles. The molecule has 2 rings (SSSR count). The van der Waals surface area contributed by atoms with Gasteiger partial charge in [0.25, 0.3) is 0 Å². The second kappa shape index (κ2) is 7.33. The molecule has 0 unspecified atom stereocenters. The van der Waals surface area contributed by atoms with Crippen molar-refractivity contribution >= 4 is 55.8 Å². The van der Waals surface area contributed by atoms with E-state index >= 15 is 0 Å². The highest BCUT2D eigenvalue weighted by Gasteiger charge is 2.14. The molecular formula is C12H9Br2I2+. The van der Waals surface area contributed by atoms with Crippen LogP contribution >= 0.6 is 55.8 Å². The van der Waals surface area contributed by atoms with Gasteiger partial charge in [0.05, 0.1) is 0 Å². The molecule has 2 aromatic rings. The number of rotatable bonds is 2. The molecule has 2 aromatic carbocycles. The summed E-state index contributed by atoms with van der Waals surface area (Å²) >= 11 is 6.85. The van der Waals surface area contributed by atoms with E-state index in [1.165, 1.54) is 7.14 Å². The first kappa shape index (κ1) is 14.9. The zero-order valence-electron chi connectivity index (χ0n) is 8.16. The van der Waals surface area contributed by atoms with Gasteiger partial charge in [-0.15, -0.1) is 24.0 Å². The van der Waals surface area contributed by atoms with Gasteiger partial charge < -0.3 is 0 Å². The van der Waals surface area contributed by atoms with Gasteiger partial charge in [0.1, 0.15) is 0 Å². The molecule has 16 heavy (non-hydrogen) atoms. The van der Waals surface area contributed by atoms with Crippen molar-refractivity contribution in [2.45, 2.75) is 0 Å². The highest BCUT2D eigenvalue weighted by Crippen LogP contribution is 2.07. The van der Waals surface area contributed by atoms with Crippen LogP contribution in [0.15, 0.2) is 57.5 Å². The third-order valence-corrected chi connectivity index (χ3v) is 5.57. The lowest BCUT2D eigenvalue weighted by atomic mass is 10.4. The molecular weight excluding hydrogens is 558 g/mol. The minimum Gasteiger partial charge on any atom is -0.107 e. The highest BCUT2D eigenvalue weighted by molar-refractivity contribution is 14.0. The van der Waals surface area contributed by atoms with Crippen LogP contribution in [0.25, 0.3) is 0 Å². The summed E-state index contributed by atoms with van der Waals surface area (Å²) in [5.74, 6) is 0. The lowest BCUT2D eigenvalue weighted by molar-refractivity contribution is -0.597. The summed E-state index contributed by atoms with van der Waals surface area (Å²) in [6.45, 7) is 0. The van der Waals surface area contributed by atoms with Crippen LogP contribution in [0.5, 0.6) is 0 Å². The quantitative estimate of drug-likeness (QED) is 0.488. The van der Waals surface area contributed by atoms with Crippen LogP contribution in [-0.4, -0.2) is 0 Å². The van der Waals surface area contributed by atoms with Gasteiger partial charge in [0.15, 0.2) is 7.14 Å². The number of halogens is 4. The second-order valence-electron chi connectivity index (χ2n) is 2.97. The van der Waals surface area contributed by atoms with E-state index in [-0.39, 0.29) is 45.2 Å². The molecule has 0 fully saturated rings. The second-order valence-corrected chi connectivity index (χ2v) is 7.83.